The molecule has 7 nitrogen and oxygen atoms in total. The van der Waals surface area contributed by atoms with Gasteiger partial charge in [-0.3, -0.25) is 14.3 Å². The molecule has 1 aliphatic carbocycles. The highest BCUT2D eigenvalue weighted by molar-refractivity contribution is 6.15. The number of nitrogens with one attached hydrogen (secondary N) is 1. The number of rotatable bonds is 3. The van der Waals surface area contributed by atoms with Gasteiger partial charge in [0.05, 0.1) is 16.8 Å². The fourth-order valence-electron chi connectivity index (χ4n) is 3.94. The van der Waals surface area contributed by atoms with Crippen molar-refractivity contribution in [3.05, 3.63) is 28.3 Å². The standard InChI is InChI=1S/C19H24N4O3/c1-11-17(18(21-22(11)3)23-9-4-5-10-23)20-19(25)15-12(2)26-14-8-6-7-13(24)16(14)15/h4-10H2,1-3H3,(H,20,25). The molecule has 0 atom stereocenters. The molecule has 1 amide bonds. The highest BCUT2D eigenvalue weighted by Crippen LogP contribution is 2.33. The second-order valence-electron chi connectivity index (χ2n) is 7.16. The molecule has 3 heterocycles. The first-order chi connectivity index (χ1) is 12.5. The van der Waals surface area contributed by atoms with Crippen LogP contribution >= 0.6 is 0 Å². The zero-order valence-electron chi connectivity index (χ0n) is 15.5. The van der Waals surface area contributed by atoms with E-state index in [0.29, 0.717) is 35.5 Å². The Balaban J connectivity index is 1.70. The topological polar surface area (TPSA) is 80.4 Å². The number of anilines is 2. The van der Waals surface area contributed by atoms with Crippen molar-refractivity contribution in [2.75, 3.05) is 23.3 Å². The summed E-state index contributed by atoms with van der Waals surface area (Å²) in [5, 5.41) is 7.60. The van der Waals surface area contributed by atoms with Crippen LogP contribution < -0.4 is 10.2 Å². The Hall–Kier alpha value is -2.57. The van der Waals surface area contributed by atoms with E-state index in [1.807, 2.05) is 14.0 Å². The van der Waals surface area contributed by atoms with Crippen LogP contribution in [0.1, 0.15) is 63.6 Å². The minimum absolute atomic E-state index is 0.00377. The summed E-state index contributed by atoms with van der Waals surface area (Å²) in [4.78, 5) is 27.6. The summed E-state index contributed by atoms with van der Waals surface area (Å²) in [6, 6.07) is 0. The molecule has 0 unspecified atom stereocenters. The van der Waals surface area contributed by atoms with Gasteiger partial charge in [-0.25, -0.2) is 0 Å². The molecule has 2 aliphatic rings. The van der Waals surface area contributed by atoms with Gasteiger partial charge >= 0.3 is 0 Å². The molecule has 2 aromatic rings. The van der Waals surface area contributed by atoms with Crippen LogP contribution in [0, 0.1) is 13.8 Å². The lowest BCUT2D eigenvalue weighted by molar-refractivity contribution is 0.0955. The highest BCUT2D eigenvalue weighted by Gasteiger charge is 2.32. The number of ketones is 1. The molecule has 0 bridgehead atoms. The Bertz CT molecular complexity index is 887. The summed E-state index contributed by atoms with van der Waals surface area (Å²) in [7, 11) is 1.87. The Kier molecular flexibility index (Phi) is 4.09. The van der Waals surface area contributed by atoms with Crippen LogP contribution in [0.3, 0.4) is 0 Å². The molecule has 1 saturated heterocycles. The maximum atomic E-state index is 13.1. The lowest BCUT2D eigenvalue weighted by atomic mass is 9.93. The van der Waals surface area contributed by atoms with E-state index < -0.39 is 0 Å². The van der Waals surface area contributed by atoms with Gasteiger partial charge in [0.25, 0.3) is 5.91 Å². The van der Waals surface area contributed by atoms with Crippen LogP contribution in [-0.4, -0.2) is 34.6 Å². The molecule has 1 fully saturated rings. The summed E-state index contributed by atoms with van der Waals surface area (Å²) in [6.07, 6.45) is 4.22. The molecule has 4 rings (SSSR count). The molecule has 26 heavy (non-hydrogen) atoms. The highest BCUT2D eigenvalue weighted by atomic mass is 16.3. The SMILES string of the molecule is Cc1oc2c(c1C(=O)Nc1c(N3CCCC3)nn(C)c1C)C(=O)CCC2. The molecule has 0 radical (unpaired) electrons. The third kappa shape index (κ3) is 2.62. The number of amides is 1. The Morgan fingerprint density at radius 3 is 2.62 bits per heavy atom. The van der Waals surface area contributed by atoms with E-state index in [1.165, 1.54) is 0 Å². The Morgan fingerprint density at radius 2 is 1.88 bits per heavy atom. The van der Waals surface area contributed by atoms with E-state index in [2.05, 4.69) is 15.3 Å². The van der Waals surface area contributed by atoms with Crippen molar-refractivity contribution in [2.45, 2.75) is 46.0 Å². The van der Waals surface area contributed by atoms with Crippen LogP contribution in [0.2, 0.25) is 0 Å². The van der Waals surface area contributed by atoms with E-state index in [9.17, 15) is 9.59 Å². The normalized spacial score (nSPS) is 16.9. The van der Waals surface area contributed by atoms with E-state index in [4.69, 9.17) is 4.42 Å². The van der Waals surface area contributed by atoms with Gasteiger partial charge in [-0.15, -0.1) is 0 Å². The van der Waals surface area contributed by atoms with Crippen LogP contribution in [0.25, 0.3) is 0 Å². The number of aromatic nitrogens is 2. The van der Waals surface area contributed by atoms with Gasteiger partial charge in [-0.05, 0) is 33.1 Å². The number of fused-ring (bicyclic) bond motifs is 1. The van der Waals surface area contributed by atoms with Gasteiger partial charge < -0.3 is 14.6 Å². The fourth-order valence-corrected chi connectivity index (χ4v) is 3.94. The van der Waals surface area contributed by atoms with E-state index in [1.54, 1.807) is 11.6 Å². The molecule has 1 N–H and O–H groups in total. The van der Waals surface area contributed by atoms with Crippen molar-refractivity contribution in [2.24, 2.45) is 7.05 Å². The quantitative estimate of drug-likeness (QED) is 0.914. The summed E-state index contributed by atoms with van der Waals surface area (Å²) in [5.41, 5.74) is 2.45. The number of carbonyl (C=O) groups excluding carboxylic acids is 2. The van der Waals surface area contributed by atoms with Gasteiger partial charge in [0, 0.05) is 33.0 Å². The first-order valence-electron chi connectivity index (χ1n) is 9.22. The second-order valence-corrected chi connectivity index (χ2v) is 7.16. The number of hydrogen-bond acceptors (Lipinski definition) is 5. The molecule has 0 saturated carbocycles. The van der Waals surface area contributed by atoms with Crippen LogP contribution in [0.15, 0.2) is 4.42 Å². The lowest BCUT2D eigenvalue weighted by Gasteiger charge is -2.17. The second kappa shape index (κ2) is 6.30. The average Bonchev–Trinajstić information content (AvgIpc) is 3.29. The minimum Gasteiger partial charge on any atom is -0.465 e. The monoisotopic (exact) mass is 356 g/mol. The number of hydrogen-bond donors (Lipinski definition) is 1. The maximum absolute atomic E-state index is 13.1. The van der Waals surface area contributed by atoms with Crippen molar-refractivity contribution in [1.29, 1.82) is 0 Å². The van der Waals surface area contributed by atoms with Gasteiger partial charge in [0.2, 0.25) is 0 Å². The summed E-state index contributed by atoms with van der Waals surface area (Å²) in [5.74, 6) is 1.66. The van der Waals surface area contributed by atoms with E-state index in [0.717, 1.165) is 49.6 Å². The van der Waals surface area contributed by atoms with Crippen molar-refractivity contribution in [1.82, 2.24) is 9.78 Å². The smallest absolute Gasteiger partial charge is 0.260 e. The zero-order chi connectivity index (χ0) is 18.4. The predicted molar refractivity (Wildman–Crippen MR) is 98.1 cm³/mol. The molecular formula is C19H24N4O3. The molecule has 0 spiro atoms. The first-order valence-corrected chi connectivity index (χ1v) is 9.22. The number of aryl methyl sites for hydroxylation is 3. The van der Waals surface area contributed by atoms with Crippen molar-refractivity contribution in [3.63, 3.8) is 0 Å². The van der Waals surface area contributed by atoms with E-state index in [-0.39, 0.29) is 11.7 Å². The molecule has 138 valence electrons. The maximum Gasteiger partial charge on any atom is 0.260 e. The number of Topliss-reactive ketones (excluding diaryl/α,β-unsaturated/α-hetero) is 1. The van der Waals surface area contributed by atoms with Gasteiger partial charge in [-0.1, -0.05) is 0 Å². The predicted octanol–water partition coefficient (Wildman–Crippen LogP) is 3.00. The lowest BCUT2D eigenvalue weighted by Crippen LogP contribution is -2.22. The summed E-state index contributed by atoms with van der Waals surface area (Å²) < 4.78 is 7.50. The van der Waals surface area contributed by atoms with E-state index >= 15 is 0 Å². The summed E-state index contributed by atoms with van der Waals surface area (Å²) >= 11 is 0. The molecule has 0 aromatic carbocycles. The molecule has 7 heteroatoms. The van der Waals surface area contributed by atoms with Crippen molar-refractivity contribution >= 4 is 23.2 Å². The molecule has 2 aromatic heterocycles. The van der Waals surface area contributed by atoms with Crippen LogP contribution in [0.4, 0.5) is 11.5 Å². The number of furan rings is 1. The largest absolute Gasteiger partial charge is 0.465 e. The van der Waals surface area contributed by atoms with Gasteiger partial charge in [-0.2, -0.15) is 5.10 Å². The van der Waals surface area contributed by atoms with Gasteiger partial charge in [0.1, 0.15) is 17.2 Å². The van der Waals surface area contributed by atoms with Crippen molar-refractivity contribution in [3.8, 4) is 0 Å². The molecular weight excluding hydrogens is 332 g/mol. The Morgan fingerprint density at radius 1 is 1.15 bits per heavy atom. The van der Waals surface area contributed by atoms with Gasteiger partial charge in [0.15, 0.2) is 11.6 Å². The Labute approximate surface area is 152 Å². The minimum atomic E-state index is -0.292. The third-order valence-electron chi connectivity index (χ3n) is 5.43. The zero-order valence-corrected chi connectivity index (χ0v) is 15.5. The fraction of sp³-hybridized carbons (Fsp3) is 0.526. The number of carbonyl (C=O) groups is 2. The number of nitrogens with zero attached hydrogens (tertiary/aromatic N) is 3. The van der Waals surface area contributed by atoms with Crippen LogP contribution in [-0.2, 0) is 13.5 Å². The third-order valence-corrected chi connectivity index (χ3v) is 5.43. The molecule has 1 aliphatic heterocycles. The first kappa shape index (κ1) is 16.9. The average molecular weight is 356 g/mol. The summed E-state index contributed by atoms with van der Waals surface area (Å²) in [6.45, 7) is 5.57. The van der Waals surface area contributed by atoms with Crippen molar-refractivity contribution < 1.29 is 14.0 Å². The van der Waals surface area contributed by atoms with Crippen LogP contribution in [0.5, 0.6) is 0 Å².